The average molecular weight is 222 g/mol. The lowest BCUT2D eigenvalue weighted by Crippen LogP contribution is -1.96. The Hall–Kier alpha value is -0.640. The Bertz CT molecular complexity index is 252. The van der Waals surface area contributed by atoms with E-state index >= 15 is 0 Å². The molecule has 1 aromatic carbocycles. The third kappa shape index (κ3) is 2.15. The molecule has 0 atom stereocenters. The Morgan fingerprint density at radius 3 is 2.64 bits per heavy atom. The van der Waals surface area contributed by atoms with Crippen molar-refractivity contribution in [1.82, 2.24) is 0 Å². The van der Waals surface area contributed by atoms with Crippen LogP contribution in [0.2, 0.25) is 0 Å². The molecule has 0 unspecified atom stereocenters. The molecule has 4 heteroatoms. The normalized spacial score (nSPS) is 9.73. The van der Waals surface area contributed by atoms with Crippen LogP contribution in [-0.2, 0) is 0 Å². The average Bonchev–Trinajstić information content (AvgIpc) is 1.95. The zero-order valence-corrected chi connectivity index (χ0v) is 7.16. The van der Waals surface area contributed by atoms with E-state index < -0.39 is 11.6 Å². The first-order valence-electron chi connectivity index (χ1n) is 2.99. The number of hydrogen-bond donors (Lipinski definition) is 1. The van der Waals surface area contributed by atoms with Crippen LogP contribution in [0.25, 0.3) is 0 Å². The SMILES string of the molecule is Fc1ccc(NCBr)c(F)c1. The van der Waals surface area contributed by atoms with Crippen LogP contribution in [0.15, 0.2) is 18.2 Å². The summed E-state index contributed by atoms with van der Waals surface area (Å²) in [6, 6.07) is 3.39. The fraction of sp³-hybridized carbons (Fsp3) is 0.143. The zero-order valence-electron chi connectivity index (χ0n) is 5.57. The molecule has 1 N–H and O–H groups in total. The Morgan fingerprint density at radius 1 is 1.36 bits per heavy atom. The van der Waals surface area contributed by atoms with Crippen LogP contribution >= 0.6 is 15.9 Å². The fourth-order valence-electron chi connectivity index (χ4n) is 0.705. The van der Waals surface area contributed by atoms with E-state index in [0.717, 1.165) is 6.07 Å². The third-order valence-corrected chi connectivity index (χ3v) is 1.47. The van der Waals surface area contributed by atoms with E-state index in [9.17, 15) is 8.78 Å². The van der Waals surface area contributed by atoms with Crippen molar-refractivity contribution in [3.8, 4) is 0 Å². The highest BCUT2D eigenvalue weighted by atomic mass is 79.9. The lowest BCUT2D eigenvalue weighted by Gasteiger charge is -2.02. The number of rotatable bonds is 2. The number of alkyl halides is 1. The molecule has 1 aromatic rings. The van der Waals surface area contributed by atoms with Gasteiger partial charge in [-0.3, -0.25) is 0 Å². The van der Waals surface area contributed by atoms with Gasteiger partial charge in [0.05, 0.1) is 11.1 Å². The van der Waals surface area contributed by atoms with Crippen molar-refractivity contribution in [3.05, 3.63) is 29.8 Å². The van der Waals surface area contributed by atoms with Gasteiger partial charge in [0.15, 0.2) is 0 Å². The molecule has 0 aliphatic carbocycles. The van der Waals surface area contributed by atoms with Crippen molar-refractivity contribution in [2.45, 2.75) is 0 Å². The monoisotopic (exact) mass is 221 g/mol. The molecule has 0 aromatic heterocycles. The fourth-order valence-corrected chi connectivity index (χ4v) is 1.01. The van der Waals surface area contributed by atoms with Gasteiger partial charge in [0.1, 0.15) is 11.6 Å². The van der Waals surface area contributed by atoms with Crippen LogP contribution in [0.1, 0.15) is 0 Å². The molecular weight excluding hydrogens is 216 g/mol. The Kier molecular flexibility index (Phi) is 2.82. The maximum absolute atomic E-state index is 12.7. The maximum atomic E-state index is 12.7. The smallest absolute Gasteiger partial charge is 0.149 e. The van der Waals surface area contributed by atoms with Gasteiger partial charge in [-0.1, -0.05) is 15.9 Å². The van der Waals surface area contributed by atoms with Gasteiger partial charge in [-0.05, 0) is 12.1 Å². The van der Waals surface area contributed by atoms with Crippen LogP contribution in [0.4, 0.5) is 14.5 Å². The second-order valence-corrected chi connectivity index (χ2v) is 2.50. The molecule has 0 spiro atoms. The highest BCUT2D eigenvalue weighted by molar-refractivity contribution is 9.09. The van der Waals surface area contributed by atoms with Crippen molar-refractivity contribution >= 4 is 21.6 Å². The first-order chi connectivity index (χ1) is 5.24. The number of hydrogen-bond acceptors (Lipinski definition) is 1. The maximum Gasteiger partial charge on any atom is 0.149 e. The van der Waals surface area contributed by atoms with Crippen LogP contribution in [0, 0.1) is 11.6 Å². The molecule has 0 fully saturated rings. The predicted octanol–water partition coefficient (Wildman–Crippen LogP) is 2.73. The Labute approximate surface area is 71.5 Å². The van der Waals surface area contributed by atoms with Gasteiger partial charge in [-0.2, -0.15) is 0 Å². The number of halogens is 3. The Morgan fingerprint density at radius 2 is 2.09 bits per heavy atom. The van der Waals surface area contributed by atoms with E-state index in [1.54, 1.807) is 0 Å². The van der Waals surface area contributed by atoms with Crippen LogP contribution < -0.4 is 5.32 Å². The van der Waals surface area contributed by atoms with E-state index in [1.807, 2.05) is 0 Å². The van der Waals surface area contributed by atoms with Gasteiger partial charge in [0.2, 0.25) is 0 Å². The van der Waals surface area contributed by atoms with E-state index in [0.29, 0.717) is 11.1 Å². The largest absolute Gasteiger partial charge is 0.373 e. The molecule has 0 saturated carbocycles. The van der Waals surface area contributed by atoms with E-state index in [2.05, 4.69) is 21.2 Å². The zero-order chi connectivity index (χ0) is 8.27. The van der Waals surface area contributed by atoms with Crippen molar-refractivity contribution in [1.29, 1.82) is 0 Å². The molecule has 0 amide bonds. The standard InChI is InChI=1S/C7H6BrF2N/c8-4-11-7-2-1-5(9)3-6(7)10/h1-3,11H,4H2. The van der Waals surface area contributed by atoms with Gasteiger partial charge >= 0.3 is 0 Å². The van der Waals surface area contributed by atoms with Gasteiger partial charge in [0.25, 0.3) is 0 Å². The van der Waals surface area contributed by atoms with Gasteiger partial charge in [-0.25, -0.2) is 8.78 Å². The first kappa shape index (κ1) is 8.46. The van der Waals surface area contributed by atoms with Crippen LogP contribution in [0.5, 0.6) is 0 Å². The molecular formula is C7H6BrF2N. The van der Waals surface area contributed by atoms with Crippen molar-refractivity contribution in [2.75, 3.05) is 10.8 Å². The third-order valence-electron chi connectivity index (χ3n) is 1.19. The molecule has 1 rings (SSSR count). The summed E-state index contributed by atoms with van der Waals surface area (Å²) in [7, 11) is 0. The van der Waals surface area contributed by atoms with Gasteiger partial charge in [0, 0.05) is 6.07 Å². The molecule has 11 heavy (non-hydrogen) atoms. The number of benzene rings is 1. The topological polar surface area (TPSA) is 12.0 Å². The number of nitrogens with one attached hydrogen (secondary N) is 1. The molecule has 0 aliphatic rings. The summed E-state index contributed by atoms with van der Waals surface area (Å²) < 4.78 is 25.0. The van der Waals surface area contributed by atoms with E-state index in [1.165, 1.54) is 12.1 Å². The highest BCUT2D eigenvalue weighted by Gasteiger charge is 2.00. The lowest BCUT2D eigenvalue weighted by molar-refractivity contribution is 0.585. The lowest BCUT2D eigenvalue weighted by atomic mass is 10.3. The molecule has 1 nitrogen and oxygen atoms in total. The summed E-state index contributed by atoms with van der Waals surface area (Å²) in [6.45, 7) is 0. The van der Waals surface area contributed by atoms with Crippen LogP contribution in [0.3, 0.4) is 0 Å². The first-order valence-corrected chi connectivity index (χ1v) is 4.11. The second kappa shape index (κ2) is 3.67. The molecule has 0 aliphatic heterocycles. The summed E-state index contributed by atoms with van der Waals surface area (Å²) >= 11 is 3.07. The van der Waals surface area contributed by atoms with E-state index in [-0.39, 0.29) is 0 Å². The summed E-state index contributed by atoms with van der Waals surface area (Å²) in [5, 5.41) is 2.68. The summed E-state index contributed by atoms with van der Waals surface area (Å²) in [5.41, 5.74) is 0.735. The van der Waals surface area contributed by atoms with E-state index in [4.69, 9.17) is 0 Å². The van der Waals surface area contributed by atoms with Gasteiger partial charge < -0.3 is 5.32 Å². The molecule has 0 bridgehead atoms. The molecule has 0 saturated heterocycles. The van der Waals surface area contributed by atoms with Crippen molar-refractivity contribution in [3.63, 3.8) is 0 Å². The predicted molar refractivity (Wildman–Crippen MR) is 43.8 cm³/mol. The minimum atomic E-state index is -0.579. The quantitative estimate of drug-likeness (QED) is 0.599. The number of anilines is 1. The molecule has 0 radical (unpaired) electrons. The minimum Gasteiger partial charge on any atom is -0.373 e. The summed E-state index contributed by atoms with van der Waals surface area (Å²) in [6.07, 6.45) is 0. The summed E-state index contributed by atoms with van der Waals surface area (Å²) in [5.74, 6) is -1.15. The molecule has 0 heterocycles. The summed E-state index contributed by atoms with van der Waals surface area (Å²) in [4.78, 5) is 0. The second-order valence-electron chi connectivity index (χ2n) is 1.93. The van der Waals surface area contributed by atoms with Gasteiger partial charge in [-0.15, -0.1) is 0 Å². The minimum absolute atomic E-state index is 0.295. The molecule has 60 valence electrons. The van der Waals surface area contributed by atoms with Crippen molar-refractivity contribution < 1.29 is 8.78 Å². The van der Waals surface area contributed by atoms with Crippen molar-refractivity contribution in [2.24, 2.45) is 0 Å². The Balaban J connectivity index is 2.90. The highest BCUT2D eigenvalue weighted by Crippen LogP contribution is 2.14. The van der Waals surface area contributed by atoms with Crippen LogP contribution in [-0.4, -0.2) is 5.45 Å².